The Hall–Kier alpha value is -1.95. The van der Waals surface area contributed by atoms with Gasteiger partial charge in [-0.1, -0.05) is 24.3 Å². The molecule has 120 valence electrons. The first kappa shape index (κ1) is 15.9. The third-order valence-corrected chi connectivity index (χ3v) is 5.08. The van der Waals surface area contributed by atoms with Gasteiger partial charge in [-0.3, -0.25) is 9.79 Å². The number of thiophene rings is 1. The van der Waals surface area contributed by atoms with Gasteiger partial charge in [-0.2, -0.15) is 13.2 Å². The van der Waals surface area contributed by atoms with Crippen LogP contribution in [0.4, 0.5) is 13.2 Å². The van der Waals surface area contributed by atoms with Crippen molar-refractivity contribution in [2.45, 2.75) is 24.4 Å². The Bertz CT molecular complexity index is 749. The van der Waals surface area contributed by atoms with E-state index in [1.54, 1.807) is 13.1 Å². The molecule has 1 saturated carbocycles. The van der Waals surface area contributed by atoms with Crippen LogP contribution in [0.5, 0.6) is 0 Å². The third kappa shape index (κ3) is 2.95. The number of benzene rings is 1. The van der Waals surface area contributed by atoms with Crippen LogP contribution in [0.15, 0.2) is 46.8 Å². The first-order chi connectivity index (χ1) is 10.9. The van der Waals surface area contributed by atoms with Crippen molar-refractivity contribution in [1.82, 2.24) is 0 Å². The Kier molecular flexibility index (Phi) is 4.10. The molecule has 1 fully saturated rings. The quantitative estimate of drug-likeness (QED) is 0.782. The van der Waals surface area contributed by atoms with Gasteiger partial charge in [0.1, 0.15) is 0 Å². The first-order valence-electron chi connectivity index (χ1n) is 7.11. The van der Waals surface area contributed by atoms with Crippen LogP contribution >= 0.6 is 11.3 Å². The van der Waals surface area contributed by atoms with Crippen molar-refractivity contribution in [2.75, 3.05) is 7.05 Å². The summed E-state index contributed by atoms with van der Waals surface area (Å²) in [5.74, 6) is -1.07. The lowest BCUT2D eigenvalue weighted by molar-refractivity contribution is -0.137. The largest absolute Gasteiger partial charge is 0.416 e. The van der Waals surface area contributed by atoms with Gasteiger partial charge in [0, 0.05) is 24.1 Å². The van der Waals surface area contributed by atoms with Crippen LogP contribution in [0.1, 0.15) is 34.3 Å². The number of carbonyl (C=O) groups excluding carboxylic acids is 1. The van der Waals surface area contributed by atoms with Gasteiger partial charge in [0.05, 0.1) is 17.4 Å². The van der Waals surface area contributed by atoms with E-state index < -0.39 is 17.7 Å². The van der Waals surface area contributed by atoms with E-state index >= 15 is 0 Å². The summed E-state index contributed by atoms with van der Waals surface area (Å²) in [5.41, 5.74) is 0.273. The molecule has 0 radical (unpaired) electrons. The number of nitrogens with zero attached hydrogens (tertiary/aromatic N) is 1. The molecule has 2 unspecified atom stereocenters. The lowest BCUT2D eigenvalue weighted by Gasteiger charge is -2.13. The van der Waals surface area contributed by atoms with Crippen LogP contribution < -0.4 is 0 Å². The number of carbonyl (C=O) groups is 1. The van der Waals surface area contributed by atoms with Crippen molar-refractivity contribution < 1.29 is 18.0 Å². The maximum Gasteiger partial charge on any atom is 0.416 e. The van der Waals surface area contributed by atoms with Gasteiger partial charge in [-0.25, -0.2) is 0 Å². The Morgan fingerprint density at radius 2 is 2.00 bits per heavy atom. The molecule has 2 nitrogen and oxygen atoms in total. The molecule has 0 aliphatic heterocycles. The average Bonchev–Trinajstić information content (AvgIpc) is 3.13. The highest BCUT2D eigenvalue weighted by molar-refractivity contribution is 7.10. The van der Waals surface area contributed by atoms with Crippen molar-refractivity contribution in [3.63, 3.8) is 0 Å². The fraction of sp³-hybridized carbons (Fsp3) is 0.294. The second-order valence-corrected chi connectivity index (χ2v) is 6.42. The maximum atomic E-state index is 12.9. The van der Waals surface area contributed by atoms with Crippen LogP contribution in [-0.4, -0.2) is 18.5 Å². The second-order valence-electron chi connectivity index (χ2n) is 5.45. The smallest absolute Gasteiger partial charge is 0.298 e. The summed E-state index contributed by atoms with van der Waals surface area (Å²) in [6.07, 6.45) is -3.95. The number of halogens is 3. The highest BCUT2D eigenvalue weighted by Crippen LogP contribution is 2.41. The standard InChI is InChI=1S/C17H14F3NOS/c1-21-13-9-12(14-6-3-7-23-14)16(22)15(13)10-4-2-5-11(8-10)17(18,19)20/h2-8,12,15H,9H2,1H3. The average molecular weight is 337 g/mol. The van der Waals surface area contributed by atoms with Gasteiger partial charge >= 0.3 is 6.18 Å². The zero-order valence-corrected chi connectivity index (χ0v) is 13.1. The van der Waals surface area contributed by atoms with Gasteiger partial charge in [0.2, 0.25) is 0 Å². The molecule has 6 heteroatoms. The van der Waals surface area contributed by atoms with Crippen molar-refractivity contribution in [2.24, 2.45) is 4.99 Å². The van der Waals surface area contributed by atoms with Crippen LogP contribution in [0.3, 0.4) is 0 Å². The van der Waals surface area contributed by atoms with Crippen molar-refractivity contribution in [3.8, 4) is 0 Å². The first-order valence-corrected chi connectivity index (χ1v) is 7.99. The third-order valence-electron chi connectivity index (χ3n) is 4.10. The molecule has 1 aromatic heterocycles. The summed E-state index contributed by atoms with van der Waals surface area (Å²) in [6, 6.07) is 8.74. The number of aliphatic imine (C=N–C) groups is 1. The Labute approximate surface area is 135 Å². The number of alkyl halides is 3. The molecule has 1 aliphatic rings. The van der Waals surface area contributed by atoms with E-state index in [2.05, 4.69) is 4.99 Å². The van der Waals surface area contributed by atoms with Crippen LogP contribution in [-0.2, 0) is 11.0 Å². The minimum Gasteiger partial charge on any atom is -0.298 e. The predicted molar refractivity (Wildman–Crippen MR) is 84.2 cm³/mol. The van der Waals surface area contributed by atoms with Crippen molar-refractivity contribution >= 4 is 22.8 Å². The topological polar surface area (TPSA) is 29.4 Å². The molecular weight excluding hydrogens is 323 g/mol. The van der Waals surface area contributed by atoms with E-state index in [0.717, 1.165) is 17.0 Å². The van der Waals surface area contributed by atoms with E-state index in [1.165, 1.54) is 17.4 Å². The zero-order valence-electron chi connectivity index (χ0n) is 12.3. The Morgan fingerprint density at radius 1 is 1.22 bits per heavy atom. The van der Waals surface area contributed by atoms with Crippen molar-refractivity contribution in [1.29, 1.82) is 0 Å². The highest BCUT2D eigenvalue weighted by atomic mass is 32.1. The van der Waals surface area contributed by atoms with Crippen LogP contribution in [0.25, 0.3) is 0 Å². The fourth-order valence-corrected chi connectivity index (χ4v) is 3.83. The van der Waals surface area contributed by atoms with Gasteiger partial charge < -0.3 is 0 Å². The number of rotatable bonds is 2. The second kappa shape index (κ2) is 5.92. The van der Waals surface area contributed by atoms with Crippen LogP contribution in [0, 0.1) is 0 Å². The molecule has 1 aliphatic carbocycles. The molecule has 0 saturated heterocycles. The summed E-state index contributed by atoms with van der Waals surface area (Å²) in [4.78, 5) is 17.9. The zero-order chi connectivity index (χ0) is 16.6. The van der Waals surface area contributed by atoms with Gasteiger partial charge in [-0.15, -0.1) is 11.3 Å². The molecule has 0 spiro atoms. The highest BCUT2D eigenvalue weighted by Gasteiger charge is 2.42. The monoisotopic (exact) mass is 337 g/mol. The Balaban J connectivity index is 2.00. The summed E-state index contributed by atoms with van der Waals surface area (Å²) in [6.45, 7) is 0. The summed E-state index contributed by atoms with van der Waals surface area (Å²) in [7, 11) is 1.58. The summed E-state index contributed by atoms with van der Waals surface area (Å²) >= 11 is 1.49. The molecule has 0 N–H and O–H groups in total. The van der Waals surface area contributed by atoms with E-state index in [4.69, 9.17) is 0 Å². The summed E-state index contributed by atoms with van der Waals surface area (Å²) < 4.78 is 38.8. The minimum absolute atomic E-state index is 0.0765. The molecular formula is C17H14F3NOS. The van der Waals surface area contributed by atoms with Crippen molar-refractivity contribution in [3.05, 3.63) is 57.8 Å². The predicted octanol–water partition coefficient (Wildman–Crippen LogP) is 4.68. The Morgan fingerprint density at radius 3 is 2.61 bits per heavy atom. The number of ketones is 1. The molecule has 1 aromatic carbocycles. The van der Waals surface area contributed by atoms with E-state index in [9.17, 15) is 18.0 Å². The molecule has 23 heavy (non-hydrogen) atoms. The molecule has 0 amide bonds. The molecule has 3 rings (SSSR count). The number of hydrogen-bond acceptors (Lipinski definition) is 3. The van der Waals surface area contributed by atoms with Gasteiger partial charge in [-0.05, 0) is 23.1 Å². The SMILES string of the molecule is CN=C1CC(c2cccs2)C(=O)C1c1cccc(C(F)(F)F)c1. The fourth-order valence-electron chi connectivity index (χ4n) is 2.99. The van der Waals surface area contributed by atoms with Gasteiger partial charge in [0.25, 0.3) is 0 Å². The summed E-state index contributed by atoms with van der Waals surface area (Å²) in [5, 5.41) is 1.89. The molecule has 1 heterocycles. The molecule has 2 aromatic rings. The molecule has 0 bridgehead atoms. The van der Waals surface area contributed by atoms with Gasteiger partial charge in [0.15, 0.2) is 5.78 Å². The van der Waals surface area contributed by atoms with E-state index in [0.29, 0.717) is 17.7 Å². The lowest BCUT2D eigenvalue weighted by atomic mass is 9.92. The molecule has 2 atom stereocenters. The van der Waals surface area contributed by atoms with Crippen LogP contribution in [0.2, 0.25) is 0 Å². The van der Waals surface area contributed by atoms with E-state index in [-0.39, 0.29) is 11.7 Å². The normalized spacial score (nSPS) is 23.7. The minimum atomic E-state index is -4.42. The maximum absolute atomic E-state index is 12.9. The lowest BCUT2D eigenvalue weighted by Crippen LogP contribution is -2.15. The number of hydrogen-bond donors (Lipinski definition) is 0. The number of Topliss-reactive ketones (excluding diaryl/α,β-unsaturated/α-hetero) is 1. The van der Waals surface area contributed by atoms with E-state index in [1.807, 2.05) is 17.5 Å².